The van der Waals surface area contributed by atoms with Crippen LogP contribution in [0.5, 0.6) is 0 Å². The lowest BCUT2D eigenvalue weighted by Gasteiger charge is -2.07. The zero-order valence-electron chi connectivity index (χ0n) is 12.4. The quantitative estimate of drug-likeness (QED) is 0.691. The van der Waals surface area contributed by atoms with Gasteiger partial charge in [-0.3, -0.25) is 14.8 Å². The lowest BCUT2D eigenvalue weighted by molar-refractivity contribution is 0.112. The number of aryl methyl sites for hydroxylation is 2. The summed E-state index contributed by atoms with van der Waals surface area (Å²) < 4.78 is 0. The SMILES string of the molecule is Cc1cccc(-c2cc(C=O)cc(-c3cccc(C)n3)n2)n1. The Labute approximate surface area is 128 Å². The lowest BCUT2D eigenvalue weighted by Crippen LogP contribution is -1.96. The molecule has 3 aromatic rings. The van der Waals surface area contributed by atoms with Crippen LogP contribution in [0.4, 0.5) is 0 Å². The molecule has 0 bridgehead atoms. The monoisotopic (exact) mass is 289 g/mol. The Hall–Kier alpha value is -2.88. The smallest absolute Gasteiger partial charge is 0.150 e. The van der Waals surface area contributed by atoms with Crippen molar-refractivity contribution in [1.29, 1.82) is 0 Å². The van der Waals surface area contributed by atoms with Gasteiger partial charge in [0.25, 0.3) is 0 Å². The van der Waals surface area contributed by atoms with Crippen LogP contribution in [0.15, 0.2) is 48.5 Å². The molecule has 0 aliphatic heterocycles. The standard InChI is InChI=1S/C18H15N3O/c1-12-5-3-7-15(19-12)17-9-14(11-22)10-18(21-17)16-8-4-6-13(2)20-16/h3-11H,1-2H3. The van der Waals surface area contributed by atoms with Gasteiger partial charge < -0.3 is 0 Å². The van der Waals surface area contributed by atoms with Crippen LogP contribution >= 0.6 is 0 Å². The molecule has 4 heteroatoms. The van der Waals surface area contributed by atoms with E-state index in [4.69, 9.17) is 0 Å². The Morgan fingerprint density at radius 2 is 1.23 bits per heavy atom. The first-order valence-electron chi connectivity index (χ1n) is 7.01. The third-order valence-corrected chi connectivity index (χ3v) is 3.29. The van der Waals surface area contributed by atoms with E-state index in [-0.39, 0.29) is 0 Å². The third-order valence-electron chi connectivity index (χ3n) is 3.29. The van der Waals surface area contributed by atoms with Gasteiger partial charge in [0.2, 0.25) is 0 Å². The lowest BCUT2D eigenvalue weighted by atomic mass is 10.1. The number of carbonyl (C=O) groups is 1. The molecule has 0 radical (unpaired) electrons. The van der Waals surface area contributed by atoms with Crippen LogP contribution < -0.4 is 0 Å². The molecule has 0 aliphatic carbocycles. The van der Waals surface area contributed by atoms with Crippen LogP contribution in [0.3, 0.4) is 0 Å². The first-order chi connectivity index (χ1) is 10.7. The van der Waals surface area contributed by atoms with E-state index in [0.717, 1.165) is 29.1 Å². The molecule has 0 atom stereocenters. The fourth-order valence-electron chi connectivity index (χ4n) is 2.25. The van der Waals surface area contributed by atoms with Gasteiger partial charge in [-0.25, -0.2) is 4.98 Å². The molecule has 0 N–H and O–H groups in total. The second-order valence-corrected chi connectivity index (χ2v) is 5.12. The number of hydrogen-bond acceptors (Lipinski definition) is 4. The minimum absolute atomic E-state index is 0.562. The highest BCUT2D eigenvalue weighted by Crippen LogP contribution is 2.22. The van der Waals surface area contributed by atoms with E-state index in [2.05, 4.69) is 15.0 Å². The first-order valence-corrected chi connectivity index (χ1v) is 7.01. The van der Waals surface area contributed by atoms with Gasteiger partial charge in [-0.1, -0.05) is 12.1 Å². The summed E-state index contributed by atoms with van der Waals surface area (Å²) in [6.07, 6.45) is 0.820. The normalized spacial score (nSPS) is 10.5. The Morgan fingerprint density at radius 1 is 0.727 bits per heavy atom. The Balaban J connectivity index is 2.16. The van der Waals surface area contributed by atoms with Gasteiger partial charge in [0.05, 0.1) is 22.8 Å². The number of hydrogen-bond donors (Lipinski definition) is 0. The number of aldehydes is 1. The van der Waals surface area contributed by atoms with Gasteiger partial charge in [0.15, 0.2) is 0 Å². The third kappa shape index (κ3) is 2.91. The van der Waals surface area contributed by atoms with E-state index < -0.39 is 0 Å². The highest BCUT2D eigenvalue weighted by molar-refractivity contribution is 5.80. The fourth-order valence-corrected chi connectivity index (χ4v) is 2.25. The van der Waals surface area contributed by atoms with Gasteiger partial charge in [-0.2, -0.15) is 0 Å². The number of carbonyl (C=O) groups excluding carboxylic acids is 1. The average molecular weight is 289 g/mol. The van der Waals surface area contributed by atoms with E-state index in [1.807, 2.05) is 50.2 Å². The molecular formula is C18H15N3O. The van der Waals surface area contributed by atoms with Gasteiger partial charge in [-0.05, 0) is 50.2 Å². The molecular weight excluding hydrogens is 274 g/mol. The van der Waals surface area contributed by atoms with Gasteiger partial charge in [0, 0.05) is 17.0 Å². The Bertz CT molecular complexity index is 779. The molecule has 0 unspecified atom stereocenters. The number of pyridine rings is 3. The number of nitrogens with zero attached hydrogens (tertiary/aromatic N) is 3. The second-order valence-electron chi connectivity index (χ2n) is 5.12. The topological polar surface area (TPSA) is 55.7 Å². The maximum Gasteiger partial charge on any atom is 0.150 e. The molecule has 3 aromatic heterocycles. The summed E-state index contributed by atoms with van der Waals surface area (Å²) in [4.78, 5) is 24.8. The van der Waals surface area contributed by atoms with Crippen molar-refractivity contribution in [2.75, 3.05) is 0 Å². The first kappa shape index (κ1) is 14.1. The van der Waals surface area contributed by atoms with Gasteiger partial charge in [0.1, 0.15) is 6.29 Å². The second kappa shape index (κ2) is 5.85. The minimum atomic E-state index is 0.562. The molecule has 0 spiro atoms. The molecule has 0 aliphatic rings. The highest BCUT2D eigenvalue weighted by Gasteiger charge is 2.09. The predicted octanol–water partition coefficient (Wildman–Crippen LogP) is 3.63. The number of rotatable bonds is 3. The van der Waals surface area contributed by atoms with E-state index in [0.29, 0.717) is 17.0 Å². The molecule has 0 aromatic carbocycles. The van der Waals surface area contributed by atoms with Crippen molar-refractivity contribution in [2.45, 2.75) is 13.8 Å². The molecule has 0 saturated heterocycles. The maximum absolute atomic E-state index is 11.2. The van der Waals surface area contributed by atoms with Crippen molar-refractivity contribution in [3.8, 4) is 22.8 Å². The number of aromatic nitrogens is 3. The molecule has 4 nitrogen and oxygen atoms in total. The molecule has 108 valence electrons. The summed E-state index contributed by atoms with van der Waals surface area (Å²) in [5.74, 6) is 0. The highest BCUT2D eigenvalue weighted by atomic mass is 16.1. The van der Waals surface area contributed by atoms with Crippen molar-refractivity contribution in [1.82, 2.24) is 15.0 Å². The van der Waals surface area contributed by atoms with Crippen LogP contribution in [0.2, 0.25) is 0 Å². The van der Waals surface area contributed by atoms with Crippen LogP contribution in [-0.4, -0.2) is 21.2 Å². The molecule has 0 fully saturated rings. The molecule has 3 rings (SSSR count). The maximum atomic E-state index is 11.2. The summed E-state index contributed by atoms with van der Waals surface area (Å²) in [6.45, 7) is 3.85. The Kier molecular flexibility index (Phi) is 3.74. The summed E-state index contributed by atoms with van der Waals surface area (Å²) >= 11 is 0. The summed E-state index contributed by atoms with van der Waals surface area (Å²) in [5.41, 5.74) is 5.22. The van der Waals surface area contributed by atoms with E-state index in [1.54, 1.807) is 12.1 Å². The van der Waals surface area contributed by atoms with E-state index >= 15 is 0 Å². The largest absolute Gasteiger partial charge is 0.298 e. The molecule has 0 saturated carbocycles. The van der Waals surface area contributed by atoms with Crippen molar-refractivity contribution >= 4 is 6.29 Å². The predicted molar refractivity (Wildman–Crippen MR) is 85.6 cm³/mol. The van der Waals surface area contributed by atoms with E-state index in [9.17, 15) is 4.79 Å². The van der Waals surface area contributed by atoms with Crippen molar-refractivity contribution in [3.63, 3.8) is 0 Å². The van der Waals surface area contributed by atoms with Crippen LogP contribution in [0, 0.1) is 13.8 Å². The molecule has 0 amide bonds. The van der Waals surface area contributed by atoms with Crippen LogP contribution in [0.25, 0.3) is 22.8 Å². The van der Waals surface area contributed by atoms with Gasteiger partial charge in [-0.15, -0.1) is 0 Å². The minimum Gasteiger partial charge on any atom is -0.298 e. The zero-order chi connectivity index (χ0) is 15.5. The average Bonchev–Trinajstić information content (AvgIpc) is 2.54. The summed E-state index contributed by atoms with van der Waals surface area (Å²) in [6, 6.07) is 15.0. The molecule has 3 heterocycles. The van der Waals surface area contributed by atoms with Crippen molar-refractivity contribution in [2.24, 2.45) is 0 Å². The summed E-state index contributed by atoms with van der Waals surface area (Å²) in [5, 5.41) is 0. The molecule has 22 heavy (non-hydrogen) atoms. The van der Waals surface area contributed by atoms with Crippen LogP contribution in [0.1, 0.15) is 21.7 Å². The van der Waals surface area contributed by atoms with Crippen LogP contribution in [-0.2, 0) is 0 Å². The van der Waals surface area contributed by atoms with Gasteiger partial charge >= 0.3 is 0 Å². The Morgan fingerprint density at radius 3 is 1.64 bits per heavy atom. The zero-order valence-corrected chi connectivity index (χ0v) is 12.4. The fraction of sp³-hybridized carbons (Fsp3) is 0.111. The van der Waals surface area contributed by atoms with Crippen molar-refractivity contribution < 1.29 is 4.79 Å². The van der Waals surface area contributed by atoms with E-state index in [1.165, 1.54) is 0 Å². The summed E-state index contributed by atoms with van der Waals surface area (Å²) in [7, 11) is 0. The van der Waals surface area contributed by atoms with Crippen molar-refractivity contribution in [3.05, 3.63) is 65.5 Å².